The molecular weight excluding hydrogens is 432 g/mol. The third-order valence-electron chi connectivity index (χ3n) is 5.36. The molecule has 0 bridgehead atoms. The molecule has 2 aromatic heterocycles. The number of aromatic amines is 1. The topological polar surface area (TPSA) is 86.1 Å². The maximum atomic E-state index is 14.8. The summed E-state index contributed by atoms with van der Waals surface area (Å²) in [5, 5.41) is 3.12. The number of aromatic nitrogens is 4. The Morgan fingerprint density at radius 1 is 1.09 bits per heavy atom. The van der Waals surface area contributed by atoms with Gasteiger partial charge in [-0.1, -0.05) is 6.07 Å². The molecule has 0 unspecified atom stereocenters. The van der Waals surface area contributed by atoms with Crippen molar-refractivity contribution in [2.24, 2.45) is 0 Å². The average molecular weight is 453 g/mol. The average Bonchev–Trinajstić information content (AvgIpc) is 3.44. The number of anilines is 2. The second kappa shape index (κ2) is 8.81. The predicted molar refractivity (Wildman–Crippen MR) is 118 cm³/mol. The first-order valence-electron chi connectivity index (χ1n) is 10.5. The van der Waals surface area contributed by atoms with Gasteiger partial charge >= 0.3 is 5.69 Å². The van der Waals surface area contributed by atoms with Crippen LogP contribution in [-0.2, 0) is 13.1 Å². The van der Waals surface area contributed by atoms with E-state index in [0.29, 0.717) is 49.9 Å². The molecule has 0 atom stereocenters. The third kappa shape index (κ3) is 4.19. The van der Waals surface area contributed by atoms with Crippen molar-refractivity contribution in [1.29, 1.82) is 0 Å². The quantitative estimate of drug-likeness (QED) is 0.443. The van der Waals surface area contributed by atoms with Gasteiger partial charge < -0.3 is 19.4 Å². The van der Waals surface area contributed by atoms with Crippen molar-refractivity contribution in [3.8, 4) is 22.8 Å². The molecular formula is C23H21F2N5O3. The fourth-order valence-electron chi connectivity index (χ4n) is 3.84. The molecule has 0 fully saturated rings. The number of ether oxygens (including phenoxy) is 2. The first-order valence-corrected chi connectivity index (χ1v) is 10.5. The Morgan fingerprint density at radius 3 is 2.76 bits per heavy atom. The molecule has 2 N–H and O–H groups in total. The number of rotatable bonds is 7. The summed E-state index contributed by atoms with van der Waals surface area (Å²) < 4.78 is 43.3. The van der Waals surface area contributed by atoms with E-state index in [-0.39, 0.29) is 17.1 Å². The Hall–Kier alpha value is -4.08. The van der Waals surface area contributed by atoms with Crippen molar-refractivity contribution in [3.63, 3.8) is 0 Å². The number of H-pyrrole nitrogens is 1. The molecule has 8 nitrogen and oxygen atoms in total. The summed E-state index contributed by atoms with van der Waals surface area (Å²) in [5.74, 6) is -0.578. The Bertz CT molecular complexity index is 1330. The molecule has 0 saturated carbocycles. The molecule has 10 heteroatoms. The van der Waals surface area contributed by atoms with Gasteiger partial charge in [0.1, 0.15) is 19.0 Å². The monoisotopic (exact) mass is 453 g/mol. The van der Waals surface area contributed by atoms with E-state index in [9.17, 15) is 13.6 Å². The van der Waals surface area contributed by atoms with Gasteiger partial charge in [0.2, 0.25) is 0 Å². The molecule has 170 valence electrons. The molecule has 5 rings (SSSR count). The zero-order valence-corrected chi connectivity index (χ0v) is 17.6. The van der Waals surface area contributed by atoms with Gasteiger partial charge in [0.05, 0.1) is 12.0 Å². The van der Waals surface area contributed by atoms with E-state index >= 15 is 0 Å². The highest BCUT2D eigenvalue weighted by atomic mass is 19.2. The van der Waals surface area contributed by atoms with Crippen molar-refractivity contribution in [3.05, 3.63) is 77.2 Å². The van der Waals surface area contributed by atoms with Crippen LogP contribution in [-0.4, -0.2) is 32.3 Å². The van der Waals surface area contributed by atoms with Gasteiger partial charge in [-0.2, -0.15) is 0 Å². The molecule has 0 saturated heterocycles. The van der Waals surface area contributed by atoms with Crippen molar-refractivity contribution < 1.29 is 18.3 Å². The lowest BCUT2D eigenvalue weighted by Gasteiger charge is -2.19. The molecule has 1 aliphatic rings. The van der Waals surface area contributed by atoms with Crippen molar-refractivity contribution in [1.82, 2.24) is 19.1 Å². The van der Waals surface area contributed by atoms with Gasteiger partial charge in [0, 0.05) is 42.8 Å². The second-order valence-corrected chi connectivity index (χ2v) is 7.54. The summed E-state index contributed by atoms with van der Waals surface area (Å²) in [6.45, 7) is 1.81. The van der Waals surface area contributed by atoms with Crippen LogP contribution in [0.2, 0.25) is 0 Å². The maximum Gasteiger partial charge on any atom is 0.327 e. The van der Waals surface area contributed by atoms with Gasteiger partial charge in [-0.3, -0.25) is 9.55 Å². The SMILES string of the molecule is O=c1[nH]c(Nc2ccc3c(c2)OCCO3)c(-c2cccc(F)c2F)n1CCCn1ccnc1. The van der Waals surface area contributed by atoms with Crippen LogP contribution in [0.4, 0.5) is 20.3 Å². The molecule has 3 heterocycles. The van der Waals surface area contributed by atoms with Crippen LogP contribution in [0.1, 0.15) is 6.42 Å². The molecule has 33 heavy (non-hydrogen) atoms. The zero-order valence-electron chi connectivity index (χ0n) is 17.6. The lowest BCUT2D eigenvalue weighted by atomic mass is 10.1. The minimum Gasteiger partial charge on any atom is -0.486 e. The highest BCUT2D eigenvalue weighted by Gasteiger charge is 2.22. The van der Waals surface area contributed by atoms with Gasteiger partial charge in [-0.05, 0) is 30.7 Å². The number of imidazole rings is 2. The highest BCUT2D eigenvalue weighted by Crippen LogP contribution is 2.36. The smallest absolute Gasteiger partial charge is 0.327 e. The number of hydrogen-bond donors (Lipinski definition) is 2. The number of halogens is 2. The summed E-state index contributed by atoms with van der Waals surface area (Å²) in [4.78, 5) is 19.6. The highest BCUT2D eigenvalue weighted by molar-refractivity contribution is 5.77. The van der Waals surface area contributed by atoms with Crippen molar-refractivity contribution in [2.75, 3.05) is 18.5 Å². The normalized spacial score (nSPS) is 12.7. The Balaban J connectivity index is 1.51. The maximum absolute atomic E-state index is 14.8. The second-order valence-electron chi connectivity index (χ2n) is 7.54. The van der Waals surface area contributed by atoms with Gasteiger partial charge in [0.25, 0.3) is 0 Å². The van der Waals surface area contributed by atoms with Crippen LogP contribution >= 0.6 is 0 Å². The third-order valence-corrected chi connectivity index (χ3v) is 5.36. The van der Waals surface area contributed by atoms with E-state index in [1.165, 1.54) is 16.7 Å². The summed E-state index contributed by atoms with van der Waals surface area (Å²) >= 11 is 0. The Morgan fingerprint density at radius 2 is 1.94 bits per heavy atom. The minimum absolute atomic E-state index is 0.0176. The van der Waals surface area contributed by atoms with Gasteiger partial charge in [-0.25, -0.2) is 18.6 Å². The van der Waals surface area contributed by atoms with Gasteiger partial charge in [-0.15, -0.1) is 0 Å². The molecule has 4 aromatic rings. The molecule has 0 spiro atoms. The lowest BCUT2D eigenvalue weighted by Crippen LogP contribution is -2.19. The number of aryl methyl sites for hydroxylation is 1. The summed E-state index contributed by atoms with van der Waals surface area (Å²) in [6, 6.07) is 9.14. The van der Waals surface area contributed by atoms with Crippen LogP contribution < -0.4 is 20.5 Å². The summed E-state index contributed by atoms with van der Waals surface area (Å²) in [5.41, 5.74) is 0.386. The van der Waals surface area contributed by atoms with E-state index in [1.807, 2.05) is 10.8 Å². The summed E-state index contributed by atoms with van der Waals surface area (Å²) in [7, 11) is 0. The number of fused-ring (bicyclic) bond motifs is 1. The van der Waals surface area contributed by atoms with Crippen LogP contribution in [0.3, 0.4) is 0 Å². The van der Waals surface area contributed by atoms with Gasteiger partial charge in [0.15, 0.2) is 23.1 Å². The fourth-order valence-corrected chi connectivity index (χ4v) is 3.84. The Labute approximate surface area is 187 Å². The zero-order chi connectivity index (χ0) is 22.8. The molecule has 0 radical (unpaired) electrons. The molecule has 1 aliphatic heterocycles. The first-order chi connectivity index (χ1) is 16.1. The lowest BCUT2D eigenvalue weighted by molar-refractivity contribution is 0.171. The number of hydrogen-bond acceptors (Lipinski definition) is 5. The van der Waals surface area contributed by atoms with Crippen LogP contribution in [0.5, 0.6) is 11.5 Å². The van der Waals surface area contributed by atoms with Crippen LogP contribution in [0.25, 0.3) is 11.3 Å². The molecule has 0 amide bonds. The molecule has 2 aromatic carbocycles. The Kier molecular flexibility index (Phi) is 5.55. The van der Waals surface area contributed by atoms with E-state index in [2.05, 4.69) is 15.3 Å². The fraction of sp³-hybridized carbons (Fsp3) is 0.217. The van der Waals surface area contributed by atoms with Crippen LogP contribution in [0.15, 0.2) is 59.9 Å². The van der Waals surface area contributed by atoms with Crippen LogP contribution in [0, 0.1) is 11.6 Å². The number of nitrogens with zero attached hydrogens (tertiary/aromatic N) is 3. The van der Waals surface area contributed by atoms with E-state index in [0.717, 1.165) is 6.07 Å². The van der Waals surface area contributed by atoms with E-state index < -0.39 is 17.3 Å². The minimum atomic E-state index is -1.02. The molecule has 0 aliphatic carbocycles. The van der Waals surface area contributed by atoms with Crippen molar-refractivity contribution >= 4 is 11.5 Å². The number of nitrogens with one attached hydrogen (secondary N) is 2. The van der Waals surface area contributed by atoms with E-state index in [1.54, 1.807) is 30.7 Å². The first kappa shape index (κ1) is 20.8. The standard InChI is InChI=1S/C23H21F2N5O3/c24-17-4-1-3-16(20(17)25)21-22(27-15-5-6-18-19(13-15)33-12-11-32-18)28-23(31)30(21)9-2-8-29-10-7-26-14-29/h1,3-7,10,13-14,27H,2,8-9,11-12H2,(H,28,31). The largest absolute Gasteiger partial charge is 0.486 e. The van der Waals surface area contributed by atoms with Crippen molar-refractivity contribution in [2.45, 2.75) is 19.5 Å². The van der Waals surface area contributed by atoms with E-state index in [4.69, 9.17) is 9.47 Å². The predicted octanol–water partition coefficient (Wildman–Crippen LogP) is 3.92. The number of benzene rings is 2. The summed E-state index contributed by atoms with van der Waals surface area (Å²) in [6.07, 6.45) is 5.76.